The van der Waals surface area contributed by atoms with Gasteiger partial charge in [-0.05, 0) is 36.8 Å². The van der Waals surface area contributed by atoms with Crippen LogP contribution in [0, 0.1) is 0 Å². The number of ketones is 1. The van der Waals surface area contributed by atoms with Gasteiger partial charge in [0.15, 0.2) is 15.6 Å². The number of carbonyl (C=O) groups is 1. The number of hydrogen-bond acceptors (Lipinski definition) is 3. The van der Waals surface area contributed by atoms with Crippen LogP contribution in [0.15, 0.2) is 18.2 Å². The van der Waals surface area contributed by atoms with Crippen molar-refractivity contribution < 1.29 is 13.2 Å². The third kappa shape index (κ3) is 3.54. The summed E-state index contributed by atoms with van der Waals surface area (Å²) in [5.74, 6) is 0.205. The second-order valence-electron chi connectivity index (χ2n) is 6.77. The third-order valence-corrected chi connectivity index (χ3v) is 6.12. The largest absolute Gasteiger partial charge is 0.292 e. The van der Waals surface area contributed by atoms with E-state index in [4.69, 9.17) is 0 Å². The van der Waals surface area contributed by atoms with E-state index in [1.165, 1.54) is 13.8 Å². The average molecular weight is 310 g/mol. The van der Waals surface area contributed by atoms with Crippen LogP contribution in [0.2, 0.25) is 0 Å². The zero-order valence-corrected chi connectivity index (χ0v) is 14.8. The van der Waals surface area contributed by atoms with Crippen molar-refractivity contribution >= 4 is 15.6 Å². The number of hydrogen-bond donors (Lipinski definition) is 0. The summed E-state index contributed by atoms with van der Waals surface area (Å²) in [5, 5.41) is 0. The predicted molar refractivity (Wildman–Crippen MR) is 87.9 cm³/mol. The van der Waals surface area contributed by atoms with Crippen molar-refractivity contribution in [2.45, 2.75) is 58.1 Å². The molecule has 0 radical (unpaired) electrons. The first-order valence-electron chi connectivity index (χ1n) is 7.27. The molecule has 0 aliphatic rings. The fraction of sp³-hybridized carbons (Fsp3) is 0.588. The number of Topliss-reactive ketones (excluding diaryl/α,β-unsaturated/α-hetero) is 1. The van der Waals surface area contributed by atoms with Gasteiger partial charge in [0.25, 0.3) is 0 Å². The van der Waals surface area contributed by atoms with Gasteiger partial charge in [0.05, 0.1) is 0 Å². The van der Waals surface area contributed by atoms with Crippen molar-refractivity contribution in [2.24, 2.45) is 0 Å². The lowest BCUT2D eigenvalue weighted by Crippen LogP contribution is -2.40. The van der Waals surface area contributed by atoms with Crippen LogP contribution in [0.5, 0.6) is 0 Å². The zero-order chi connectivity index (χ0) is 16.6. The zero-order valence-electron chi connectivity index (χ0n) is 14.0. The Morgan fingerprint density at radius 3 is 1.95 bits per heavy atom. The molecule has 0 bridgehead atoms. The number of rotatable bonds is 5. The second kappa shape index (κ2) is 5.91. The van der Waals surface area contributed by atoms with Crippen LogP contribution in [-0.2, 0) is 9.84 Å². The molecule has 0 N–H and O–H groups in total. The van der Waals surface area contributed by atoms with E-state index >= 15 is 0 Å². The molecule has 0 unspecified atom stereocenters. The van der Waals surface area contributed by atoms with Crippen molar-refractivity contribution in [3.8, 4) is 0 Å². The quantitative estimate of drug-likeness (QED) is 0.774. The lowest BCUT2D eigenvalue weighted by Gasteiger charge is -2.24. The Hall–Kier alpha value is -1.16. The standard InChI is InChI=1S/C17H26O3S/c1-11(2)13-8-9-14(15(10-13)12(3)4)16(18)17(5,6)21(7,19)20/h8-12H,1-7H3. The van der Waals surface area contributed by atoms with Gasteiger partial charge in [0.1, 0.15) is 4.75 Å². The fourth-order valence-electron chi connectivity index (χ4n) is 2.12. The summed E-state index contributed by atoms with van der Waals surface area (Å²) < 4.78 is 22.4. The van der Waals surface area contributed by atoms with E-state index in [1.807, 2.05) is 26.0 Å². The van der Waals surface area contributed by atoms with Crippen LogP contribution in [0.25, 0.3) is 0 Å². The molecule has 0 fully saturated rings. The summed E-state index contributed by atoms with van der Waals surface area (Å²) in [6.45, 7) is 11.2. The van der Waals surface area contributed by atoms with Crippen molar-refractivity contribution in [3.63, 3.8) is 0 Å². The predicted octanol–water partition coefficient (Wildman–Crippen LogP) is 3.94. The topological polar surface area (TPSA) is 51.2 Å². The van der Waals surface area contributed by atoms with Crippen LogP contribution in [0.4, 0.5) is 0 Å². The minimum Gasteiger partial charge on any atom is -0.292 e. The Kier molecular flexibility index (Phi) is 5.04. The molecule has 21 heavy (non-hydrogen) atoms. The first-order chi connectivity index (χ1) is 9.39. The van der Waals surface area contributed by atoms with E-state index in [2.05, 4.69) is 13.8 Å². The Labute approximate surface area is 128 Å². The summed E-state index contributed by atoms with van der Waals surface area (Å²) in [7, 11) is -3.47. The number of benzene rings is 1. The second-order valence-corrected chi connectivity index (χ2v) is 9.33. The minimum atomic E-state index is -3.47. The molecule has 1 aromatic rings. The number of carbonyl (C=O) groups excluding carboxylic acids is 1. The highest BCUT2D eigenvalue weighted by atomic mass is 32.2. The van der Waals surface area contributed by atoms with Crippen LogP contribution in [0.3, 0.4) is 0 Å². The lowest BCUT2D eigenvalue weighted by atomic mass is 9.87. The monoisotopic (exact) mass is 310 g/mol. The molecular formula is C17H26O3S. The number of sulfone groups is 1. The molecule has 4 heteroatoms. The molecule has 3 nitrogen and oxygen atoms in total. The molecular weight excluding hydrogens is 284 g/mol. The molecule has 0 aliphatic heterocycles. The molecule has 0 aromatic heterocycles. The maximum Gasteiger partial charge on any atom is 0.183 e. The van der Waals surface area contributed by atoms with Gasteiger partial charge in [-0.1, -0.05) is 45.9 Å². The molecule has 0 saturated heterocycles. The molecule has 118 valence electrons. The van der Waals surface area contributed by atoms with E-state index < -0.39 is 14.6 Å². The first kappa shape index (κ1) is 17.9. The summed E-state index contributed by atoms with van der Waals surface area (Å²) in [6.07, 6.45) is 1.11. The van der Waals surface area contributed by atoms with Gasteiger partial charge in [-0.2, -0.15) is 0 Å². The van der Waals surface area contributed by atoms with Crippen molar-refractivity contribution in [1.82, 2.24) is 0 Å². The molecule has 0 spiro atoms. The van der Waals surface area contributed by atoms with E-state index in [9.17, 15) is 13.2 Å². The highest BCUT2D eigenvalue weighted by Gasteiger charge is 2.39. The van der Waals surface area contributed by atoms with Crippen LogP contribution in [-0.4, -0.2) is 25.2 Å². The molecule has 0 saturated carbocycles. The molecule has 0 atom stereocenters. The Bertz CT molecular complexity index is 638. The summed E-state index contributed by atoms with van der Waals surface area (Å²) in [6, 6.07) is 5.73. The van der Waals surface area contributed by atoms with Gasteiger partial charge in [0.2, 0.25) is 0 Å². The van der Waals surface area contributed by atoms with E-state index in [0.717, 1.165) is 17.4 Å². The van der Waals surface area contributed by atoms with Gasteiger partial charge in [-0.15, -0.1) is 0 Å². The average Bonchev–Trinajstić information content (AvgIpc) is 2.35. The fourth-order valence-corrected chi connectivity index (χ4v) is 2.56. The van der Waals surface area contributed by atoms with E-state index in [1.54, 1.807) is 6.07 Å². The first-order valence-corrected chi connectivity index (χ1v) is 9.17. The van der Waals surface area contributed by atoms with Crippen LogP contribution >= 0.6 is 0 Å². The lowest BCUT2D eigenvalue weighted by molar-refractivity contribution is 0.0952. The molecule has 1 aromatic carbocycles. The van der Waals surface area contributed by atoms with E-state index in [0.29, 0.717) is 11.5 Å². The highest BCUT2D eigenvalue weighted by Crippen LogP contribution is 2.29. The van der Waals surface area contributed by atoms with Crippen molar-refractivity contribution in [3.05, 3.63) is 34.9 Å². The highest BCUT2D eigenvalue weighted by molar-refractivity contribution is 7.92. The van der Waals surface area contributed by atoms with Gasteiger partial charge >= 0.3 is 0 Å². The molecule has 1 rings (SSSR count). The van der Waals surface area contributed by atoms with Crippen molar-refractivity contribution in [1.29, 1.82) is 0 Å². The minimum absolute atomic E-state index is 0.165. The maximum atomic E-state index is 12.7. The SMILES string of the molecule is CC(C)c1ccc(C(=O)C(C)(C)S(C)(=O)=O)c(C(C)C)c1. The Morgan fingerprint density at radius 1 is 1.05 bits per heavy atom. The van der Waals surface area contributed by atoms with Crippen molar-refractivity contribution in [2.75, 3.05) is 6.26 Å². The Morgan fingerprint density at radius 2 is 1.57 bits per heavy atom. The van der Waals surface area contributed by atoms with E-state index in [-0.39, 0.29) is 11.7 Å². The third-order valence-electron chi connectivity index (χ3n) is 4.08. The molecule has 0 aliphatic carbocycles. The molecule has 0 heterocycles. The maximum absolute atomic E-state index is 12.7. The smallest absolute Gasteiger partial charge is 0.183 e. The van der Waals surface area contributed by atoms with Crippen LogP contribution < -0.4 is 0 Å². The van der Waals surface area contributed by atoms with Gasteiger partial charge in [-0.25, -0.2) is 8.42 Å². The molecule has 0 amide bonds. The van der Waals surface area contributed by atoms with Gasteiger partial charge in [0, 0.05) is 11.8 Å². The summed E-state index contributed by atoms with van der Waals surface area (Å²) in [5.41, 5.74) is 2.60. The van der Waals surface area contributed by atoms with Gasteiger partial charge < -0.3 is 0 Å². The van der Waals surface area contributed by atoms with Crippen LogP contribution in [0.1, 0.15) is 74.9 Å². The van der Waals surface area contributed by atoms with Gasteiger partial charge in [-0.3, -0.25) is 4.79 Å². The Balaban J connectivity index is 3.47. The normalized spacial score (nSPS) is 13.0. The summed E-state index contributed by atoms with van der Waals surface area (Å²) >= 11 is 0. The summed E-state index contributed by atoms with van der Waals surface area (Å²) in [4.78, 5) is 12.7.